The number of allylic oxidation sites excluding steroid dienone is 1. The summed E-state index contributed by atoms with van der Waals surface area (Å²) in [6, 6.07) is 23.7. The van der Waals surface area contributed by atoms with Gasteiger partial charge in [-0.1, -0.05) is 137 Å². The number of benzene rings is 4. The highest BCUT2D eigenvalue weighted by molar-refractivity contribution is 6.03. The molecule has 15 heteroatoms. The molecule has 404 valence electrons. The van der Waals surface area contributed by atoms with Gasteiger partial charge in [0.2, 0.25) is 5.79 Å². The quantitative estimate of drug-likeness (QED) is 0.0195. The summed E-state index contributed by atoms with van der Waals surface area (Å²) in [6.07, 6.45) is 18.8. The Morgan fingerprint density at radius 3 is 2.25 bits per heavy atom. The number of carbonyl (C=O) groups is 2. The Morgan fingerprint density at radius 2 is 1.55 bits per heavy atom. The highest BCUT2D eigenvalue weighted by Gasteiger charge is 2.66. The van der Waals surface area contributed by atoms with Gasteiger partial charge in [0.05, 0.1) is 29.7 Å². The number of amides is 2. The van der Waals surface area contributed by atoms with Crippen LogP contribution in [-0.2, 0) is 16.1 Å². The smallest absolute Gasteiger partial charge is 0.416 e. The van der Waals surface area contributed by atoms with Crippen molar-refractivity contribution in [1.82, 2.24) is 10.2 Å². The summed E-state index contributed by atoms with van der Waals surface area (Å²) in [5.74, 6) is -1.80. The number of aliphatic hydroxyl groups is 2. The fourth-order valence-electron chi connectivity index (χ4n) is 11.5. The molecule has 75 heavy (non-hydrogen) atoms. The van der Waals surface area contributed by atoms with Crippen molar-refractivity contribution in [3.63, 3.8) is 0 Å². The third-order valence-corrected chi connectivity index (χ3v) is 15.0. The summed E-state index contributed by atoms with van der Waals surface area (Å²) in [7, 11) is 0. The Morgan fingerprint density at radius 1 is 0.853 bits per heavy atom. The van der Waals surface area contributed by atoms with E-state index in [9.17, 15) is 25.1 Å². The Balaban J connectivity index is 1.31. The minimum Gasteiger partial charge on any atom is -0.459 e. The first kappa shape index (κ1) is 56.4. The van der Waals surface area contributed by atoms with E-state index in [1.807, 2.05) is 61.5 Å². The van der Waals surface area contributed by atoms with Crippen LogP contribution >= 0.6 is 0 Å². The van der Waals surface area contributed by atoms with E-state index < -0.39 is 34.9 Å². The van der Waals surface area contributed by atoms with Crippen LogP contribution in [0.15, 0.2) is 114 Å². The van der Waals surface area contributed by atoms with Gasteiger partial charge in [-0.3, -0.25) is 15.0 Å². The largest absolute Gasteiger partial charge is 0.459 e. The first-order chi connectivity index (χ1) is 36.7. The van der Waals surface area contributed by atoms with Gasteiger partial charge in [0, 0.05) is 49.8 Å². The van der Waals surface area contributed by atoms with Crippen molar-refractivity contribution in [1.29, 1.82) is 0 Å². The molecule has 1 heterocycles. The van der Waals surface area contributed by atoms with E-state index in [2.05, 4.69) is 24.9 Å². The third-order valence-electron chi connectivity index (χ3n) is 15.0. The lowest BCUT2D eigenvalue weighted by Gasteiger charge is -2.59. The molecule has 3 N–H and O–H groups in total. The van der Waals surface area contributed by atoms with Crippen LogP contribution in [0.3, 0.4) is 0 Å². The fourth-order valence-corrected chi connectivity index (χ4v) is 11.5. The topological polar surface area (TPSA) is 192 Å². The standard InChI is InChI=1S/C60H78N4O11/c1-4-7-8-9-10-11-12-13-14-19-35-61-58(67)73-48-33-34-54-52(40-48)56-50(28-18-21-37-66)44(24-17-20-36-65)39-51-53(62-72-6-3)41-55(60(75-54,57(51)56)71-38-5-2)63(42-45-26-22-25-43-23-15-16-27-49(43)45)59(68)74-47-31-29-46(30-32-47)64(69)70/h5,15-16,22-23,25-27,29-34,39-40,44,50,55-57,65-66H,2,4,6-14,17-21,24,28,35-38,41-42H2,1,3H3,(H,61,67). The zero-order valence-corrected chi connectivity index (χ0v) is 44.0. The fraction of sp³-hybridized carbons (Fsp3) is 0.517. The van der Waals surface area contributed by atoms with Crippen LogP contribution in [0.25, 0.3) is 10.8 Å². The SMILES string of the molecule is C=CCOC12Oc3ccc(OC(=O)NCCCCCCCCCCCC)cc3C3C(CCCCO)C(CCCCO)C=C(C(=NOCC)CC1N(Cc1cccc4ccccc14)C(=O)Oc1ccc([N+](=O)[O-])cc1)C32. The molecule has 0 aromatic heterocycles. The lowest BCUT2D eigenvalue weighted by molar-refractivity contribution is -0.384. The molecule has 15 nitrogen and oxygen atoms in total. The Hall–Kier alpha value is -6.29. The minimum absolute atomic E-state index is 0.0225. The number of nitrogens with one attached hydrogen (secondary N) is 1. The van der Waals surface area contributed by atoms with Crippen LogP contribution in [-0.4, -0.2) is 82.7 Å². The number of oxime groups is 1. The number of unbranched alkanes of at least 4 members (excludes halogenated alkanes) is 11. The number of rotatable bonds is 30. The molecule has 4 aromatic carbocycles. The summed E-state index contributed by atoms with van der Waals surface area (Å²) in [4.78, 5) is 47.5. The van der Waals surface area contributed by atoms with E-state index >= 15 is 4.79 Å². The lowest BCUT2D eigenvalue weighted by Crippen LogP contribution is -2.70. The molecule has 0 radical (unpaired) electrons. The van der Waals surface area contributed by atoms with E-state index in [1.165, 1.54) is 69.2 Å². The van der Waals surface area contributed by atoms with Crippen LogP contribution in [0.4, 0.5) is 15.3 Å². The molecule has 1 fully saturated rings. The maximum Gasteiger partial charge on any atom is 0.416 e. The number of non-ortho nitro benzene ring substituents is 1. The number of nitro groups is 1. The molecular weight excluding hydrogens is 953 g/mol. The zero-order chi connectivity index (χ0) is 53.0. The summed E-state index contributed by atoms with van der Waals surface area (Å²) < 4.78 is 26.8. The molecule has 0 spiro atoms. The molecule has 2 amide bonds. The van der Waals surface area contributed by atoms with Crippen molar-refractivity contribution in [3.05, 3.63) is 130 Å². The minimum atomic E-state index is -1.62. The van der Waals surface area contributed by atoms with Gasteiger partial charge >= 0.3 is 12.2 Å². The van der Waals surface area contributed by atoms with Crippen molar-refractivity contribution in [2.75, 3.05) is 33.0 Å². The molecular formula is C60H78N4O11. The molecule has 1 aliphatic heterocycles. The van der Waals surface area contributed by atoms with Crippen molar-refractivity contribution in [2.45, 2.75) is 147 Å². The average molecular weight is 1030 g/mol. The predicted octanol–water partition coefficient (Wildman–Crippen LogP) is 13.1. The average Bonchev–Trinajstić information content (AvgIpc) is 3.45. The van der Waals surface area contributed by atoms with Crippen molar-refractivity contribution in [3.8, 4) is 17.2 Å². The van der Waals surface area contributed by atoms with Crippen molar-refractivity contribution >= 4 is 34.4 Å². The maximum atomic E-state index is 15.3. The van der Waals surface area contributed by atoms with Gasteiger partial charge in [-0.2, -0.15) is 0 Å². The van der Waals surface area contributed by atoms with Gasteiger partial charge in [-0.15, -0.1) is 6.58 Å². The van der Waals surface area contributed by atoms with E-state index in [0.29, 0.717) is 43.0 Å². The van der Waals surface area contributed by atoms with E-state index in [4.69, 9.17) is 28.9 Å². The van der Waals surface area contributed by atoms with Gasteiger partial charge < -0.3 is 39.3 Å². The van der Waals surface area contributed by atoms with Gasteiger partial charge in [0.15, 0.2) is 0 Å². The Bertz CT molecular complexity index is 2560. The summed E-state index contributed by atoms with van der Waals surface area (Å²) in [5, 5.41) is 41.4. The summed E-state index contributed by atoms with van der Waals surface area (Å²) in [6.45, 7) is 9.09. The van der Waals surface area contributed by atoms with Crippen LogP contribution in [0.2, 0.25) is 0 Å². The van der Waals surface area contributed by atoms with Crippen molar-refractivity contribution in [2.24, 2.45) is 22.9 Å². The van der Waals surface area contributed by atoms with Crippen LogP contribution in [0.5, 0.6) is 17.2 Å². The van der Waals surface area contributed by atoms with Crippen LogP contribution in [0.1, 0.15) is 140 Å². The number of carbonyl (C=O) groups excluding carboxylic acids is 2. The number of ether oxygens (including phenoxy) is 4. The number of aliphatic hydroxyl groups excluding tert-OH is 2. The Kier molecular flexibility index (Phi) is 21.5. The molecule has 7 rings (SSSR count). The number of hydrogen-bond donors (Lipinski definition) is 3. The van der Waals surface area contributed by atoms with E-state index in [-0.39, 0.29) is 68.6 Å². The van der Waals surface area contributed by atoms with Crippen LogP contribution in [0, 0.1) is 27.9 Å². The number of nitro benzene ring substituents is 1. The molecule has 6 unspecified atom stereocenters. The Labute approximate surface area is 442 Å². The lowest BCUT2D eigenvalue weighted by atomic mass is 9.55. The first-order valence-corrected chi connectivity index (χ1v) is 27.5. The molecule has 4 aromatic rings. The highest BCUT2D eigenvalue weighted by Crippen LogP contribution is 2.62. The second-order valence-corrected chi connectivity index (χ2v) is 20.1. The van der Waals surface area contributed by atoms with E-state index in [1.54, 1.807) is 17.0 Å². The molecule has 0 saturated heterocycles. The highest BCUT2D eigenvalue weighted by atomic mass is 16.7. The number of nitrogens with zero attached hydrogens (tertiary/aromatic N) is 3. The molecule has 2 aliphatic carbocycles. The van der Waals surface area contributed by atoms with Gasteiger partial charge in [-0.25, -0.2) is 9.59 Å². The van der Waals surface area contributed by atoms with Crippen molar-refractivity contribution < 1.29 is 48.5 Å². The van der Waals surface area contributed by atoms with Gasteiger partial charge in [0.1, 0.15) is 29.9 Å². The molecule has 6 atom stereocenters. The number of fused-ring (bicyclic) bond motifs is 3. The summed E-state index contributed by atoms with van der Waals surface area (Å²) >= 11 is 0. The normalized spacial score (nSPS) is 21.0. The predicted molar refractivity (Wildman–Crippen MR) is 291 cm³/mol. The molecule has 0 bridgehead atoms. The third kappa shape index (κ3) is 14.4. The van der Waals surface area contributed by atoms with Crippen LogP contribution < -0.4 is 19.5 Å². The van der Waals surface area contributed by atoms with Gasteiger partial charge in [0.25, 0.3) is 5.69 Å². The summed E-state index contributed by atoms with van der Waals surface area (Å²) in [5.41, 5.74) is 2.93. The first-order valence-electron chi connectivity index (χ1n) is 27.5. The monoisotopic (exact) mass is 1030 g/mol. The second-order valence-electron chi connectivity index (χ2n) is 20.1. The maximum absolute atomic E-state index is 15.3. The second kappa shape index (κ2) is 28.6. The molecule has 1 saturated carbocycles. The molecule has 3 aliphatic rings. The zero-order valence-electron chi connectivity index (χ0n) is 44.0. The number of hydrogen-bond acceptors (Lipinski definition) is 12. The van der Waals surface area contributed by atoms with Gasteiger partial charge in [-0.05, 0) is 103 Å². The van der Waals surface area contributed by atoms with E-state index in [0.717, 1.165) is 66.0 Å².